The van der Waals surface area contributed by atoms with E-state index in [1.54, 1.807) is 6.33 Å². The third-order valence-corrected chi connectivity index (χ3v) is 5.94. The summed E-state index contributed by atoms with van der Waals surface area (Å²) in [6.07, 6.45) is 1.76. The molecular formula is C21H26N8O2S. The number of hydrogen-bond donors (Lipinski definition) is 4. The van der Waals surface area contributed by atoms with Gasteiger partial charge >= 0.3 is 0 Å². The van der Waals surface area contributed by atoms with E-state index < -0.39 is 6.04 Å². The van der Waals surface area contributed by atoms with Gasteiger partial charge in [-0.3, -0.25) is 9.59 Å². The molecule has 1 atom stereocenters. The lowest BCUT2D eigenvalue weighted by molar-refractivity contribution is -0.122. The molecule has 0 radical (unpaired) electrons. The maximum Gasteiger partial charge on any atom is 0.279 e. The van der Waals surface area contributed by atoms with Crippen LogP contribution in [0, 0.1) is 6.92 Å². The van der Waals surface area contributed by atoms with Crippen molar-refractivity contribution in [2.24, 2.45) is 0 Å². The highest BCUT2D eigenvalue weighted by Crippen LogP contribution is 2.24. The molecule has 10 nitrogen and oxygen atoms in total. The van der Waals surface area contributed by atoms with E-state index in [0.717, 1.165) is 17.3 Å². The molecule has 2 aromatic heterocycles. The molecule has 0 spiro atoms. The molecule has 1 saturated heterocycles. The van der Waals surface area contributed by atoms with Crippen molar-refractivity contribution in [1.29, 1.82) is 0 Å². The number of amides is 2. The minimum Gasteiger partial charge on any atom is -0.364 e. The Hall–Kier alpha value is -3.34. The lowest BCUT2D eigenvalue weighted by atomic mass is 10.1. The van der Waals surface area contributed by atoms with Crippen LogP contribution in [0.4, 0.5) is 16.6 Å². The molecule has 0 bridgehead atoms. The van der Waals surface area contributed by atoms with Crippen LogP contribution < -0.4 is 21.3 Å². The number of benzene rings is 1. The van der Waals surface area contributed by atoms with Crippen LogP contribution in [-0.4, -0.2) is 49.1 Å². The Morgan fingerprint density at radius 3 is 2.72 bits per heavy atom. The molecule has 32 heavy (non-hydrogen) atoms. The molecule has 1 aliphatic heterocycles. The van der Waals surface area contributed by atoms with Crippen LogP contribution in [0.25, 0.3) is 11.2 Å². The van der Waals surface area contributed by atoms with Crippen LogP contribution in [0.1, 0.15) is 31.0 Å². The van der Waals surface area contributed by atoms with Crippen LogP contribution in [0.3, 0.4) is 0 Å². The number of anilines is 2. The predicted molar refractivity (Wildman–Crippen MR) is 126 cm³/mol. The Morgan fingerprint density at radius 2 is 2.03 bits per heavy atom. The largest absolute Gasteiger partial charge is 0.364 e. The van der Waals surface area contributed by atoms with Gasteiger partial charge in [0.25, 0.3) is 5.24 Å². The second-order valence-corrected chi connectivity index (χ2v) is 8.84. The third-order valence-electron chi connectivity index (χ3n) is 5.06. The van der Waals surface area contributed by atoms with Gasteiger partial charge in [0.1, 0.15) is 6.04 Å². The van der Waals surface area contributed by atoms with Gasteiger partial charge in [-0.2, -0.15) is 9.97 Å². The standard InChI is InChI=1S/C21H26N8O2S/c1-12(2)29-11-25-16-17(22-8-14-6-4-13(3)5-7-14)27-20(28-18(16)29)24-10-23-19(30)15-9-32-21(31)26-15/h4-7,11-12,15H,8-10H2,1-3H3,(H,23,30)(H,26,31)(H2,22,24,27,28)/t15-/m1/s1. The molecule has 0 unspecified atom stereocenters. The van der Waals surface area contributed by atoms with Crippen molar-refractivity contribution in [3.63, 3.8) is 0 Å². The minimum absolute atomic E-state index is 0.134. The zero-order valence-corrected chi connectivity index (χ0v) is 19.0. The highest BCUT2D eigenvalue weighted by atomic mass is 32.2. The summed E-state index contributed by atoms with van der Waals surface area (Å²) in [5.41, 5.74) is 3.72. The molecular weight excluding hydrogens is 428 g/mol. The zero-order valence-electron chi connectivity index (χ0n) is 18.2. The SMILES string of the molecule is Cc1ccc(CNc2nc(NCNC(=O)[C@H]3CSC(=O)N3)nc3c2ncn3C(C)C)cc1. The Morgan fingerprint density at radius 1 is 1.25 bits per heavy atom. The monoisotopic (exact) mass is 454 g/mol. The Labute approximate surface area is 190 Å². The van der Waals surface area contributed by atoms with E-state index in [9.17, 15) is 9.59 Å². The average Bonchev–Trinajstić information content (AvgIpc) is 3.39. The van der Waals surface area contributed by atoms with Gasteiger partial charge in [-0.1, -0.05) is 41.6 Å². The fraction of sp³-hybridized carbons (Fsp3) is 0.381. The van der Waals surface area contributed by atoms with E-state index in [4.69, 9.17) is 0 Å². The first kappa shape index (κ1) is 21.9. The maximum atomic E-state index is 12.2. The molecule has 11 heteroatoms. The molecule has 0 saturated carbocycles. The number of aromatic nitrogens is 4. The fourth-order valence-corrected chi connectivity index (χ4v) is 4.03. The summed E-state index contributed by atoms with van der Waals surface area (Å²) in [6, 6.07) is 7.94. The summed E-state index contributed by atoms with van der Waals surface area (Å²) in [5.74, 6) is 1.16. The molecule has 1 aliphatic rings. The highest BCUT2D eigenvalue weighted by molar-refractivity contribution is 8.14. The Kier molecular flexibility index (Phi) is 6.45. The summed E-state index contributed by atoms with van der Waals surface area (Å²) in [4.78, 5) is 37.2. The Balaban J connectivity index is 1.49. The summed E-state index contributed by atoms with van der Waals surface area (Å²) in [7, 11) is 0. The number of aryl methyl sites for hydroxylation is 1. The first-order valence-electron chi connectivity index (χ1n) is 10.4. The van der Waals surface area contributed by atoms with Crippen LogP contribution in [-0.2, 0) is 11.3 Å². The molecule has 4 rings (SSSR count). The predicted octanol–water partition coefficient (Wildman–Crippen LogP) is 2.64. The number of hydrogen-bond acceptors (Lipinski definition) is 8. The summed E-state index contributed by atoms with van der Waals surface area (Å²) in [5, 5.41) is 11.6. The summed E-state index contributed by atoms with van der Waals surface area (Å²) < 4.78 is 1.98. The number of carbonyl (C=O) groups excluding carboxylic acids is 2. The van der Waals surface area contributed by atoms with Crippen molar-refractivity contribution >= 4 is 45.8 Å². The van der Waals surface area contributed by atoms with Crippen molar-refractivity contribution in [2.45, 2.75) is 39.4 Å². The number of carbonyl (C=O) groups is 2. The normalized spacial score (nSPS) is 15.8. The van der Waals surface area contributed by atoms with E-state index in [1.807, 2.05) is 4.57 Å². The Bertz CT molecular complexity index is 1130. The number of imidazole rings is 1. The number of fused-ring (bicyclic) bond motifs is 1. The van der Waals surface area contributed by atoms with E-state index in [0.29, 0.717) is 35.2 Å². The number of nitrogens with one attached hydrogen (secondary N) is 4. The maximum absolute atomic E-state index is 12.2. The first-order valence-corrected chi connectivity index (χ1v) is 11.4. The van der Waals surface area contributed by atoms with Gasteiger partial charge in [-0.15, -0.1) is 0 Å². The molecule has 168 valence electrons. The number of rotatable bonds is 8. The van der Waals surface area contributed by atoms with Crippen molar-refractivity contribution in [2.75, 3.05) is 23.1 Å². The lowest BCUT2D eigenvalue weighted by Crippen LogP contribution is -2.44. The van der Waals surface area contributed by atoms with Gasteiger partial charge in [0.15, 0.2) is 17.0 Å². The van der Waals surface area contributed by atoms with E-state index >= 15 is 0 Å². The van der Waals surface area contributed by atoms with Crippen molar-refractivity contribution < 1.29 is 9.59 Å². The molecule has 3 aromatic rings. The van der Waals surface area contributed by atoms with Gasteiger partial charge in [-0.25, -0.2) is 4.98 Å². The van der Waals surface area contributed by atoms with Gasteiger partial charge in [0.05, 0.1) is 13.0 Å². The summed E-state index contributed by atoms with van der Waals surface area (Å²) in [6.45, 7) is 6.90. The van der Waals surface area contributed by atoms with E-state index in [2.05, 4.69) is 81.3 Å². The van der Waals surface area contributed by atoms with Crippen LogP contribution in [0.2, 0.25) is 0 Å². The van der Waals surface area contributed by atoms with Gasteiger partial charge in [0.2, 0.25) is 11.9 Å². The third kappa shape index (κ3) is 4.93. The zero-order chi connectivity index (χ0) is 22.7. The number of nitrogens with zero attached hydrogens (tertiary/aromatic N) is 4. The number of thioether (sulfide) groups is 1. The van der Waals surface area contributed by atoms with Crippen molar-refractivity contribution in [3.8, 4) is 0 Å². The second-order valence-electron chi connectivity index (χ2n) is 7.84. The lowest BCUT2D eigenvalue weighted by Gasteiger charge is -2.13. The van der Waals surface area contributed by atoms with Crippen molar-refractivity contribution in [1.82, 2.24) is 30.2 Å². The minimum atomic E-state index is -0.521. The fourth-order valence-electron chi connectivity index (χ4n) is 3.25. The molecule has 1 fully saturated rings. The van der Waals surface area contributed by atoms with Crippen LogP contribution in [0.15, 0.2) is 30.6 Å². The molecule has 0 aliphatic carbocycles. The van der Waals surface area contributed by atoms with Crippen LogP contribution in [0.5, 0.6) is 0 Å². The van der Waals surface area contributed by atoms with Gasteiger partial charge in [-0.05, 0) is 26.3 Å². The molecule has 1 aromatic carbocycles. The molecule has 4 N–H and O–H groups in total. The van der Waals surface area contributed by atoms with Gasteiger partial charge in [0, 0.05) is 18.3 Å². The summed E-state index contributed by atoms with van der Waals surface area (Å²) >= 11 is 1.10. The first-order chi connectivity index (χ1) is 15.4. The van der Waals surface area contributed by atoms with E-state index in [1.165, 1.54) is 5.56 Å². The quantitative estimate of drug-likeness (QED) is 0.383. The van der Waals surface area contributed by atoms with Crippen molar-refractivity contribution in [3.05, 3.63) is 41.7 Å². The van der Waals surface area contributed by atoms with Crippen LogP contribution >= 0.6 is 11.8 Å². The second kappa shape index (κ2) is 9.43. The smallest absolute Gasteiger partial charge is 0.279 e. The molecule has 3 heterocycles. The molecule has 2 amide bonds. The van der Waals surface area contributed by atoms with Gasteiger partial charge < -0.3 is 25.8 Å². The topological polar surface area (TPSA) is 126 Å². The average molecular weight is 455 g/mol. The highest BCUT2D eigenvalue weighted by Gasteiger charge is 2.27. The van der Waals surface area contributed by atoms with E-state index in [-0.39, 0.29) is 23.9 Å².